The number of carbonyl (C=O) groups excluding carboxylic acids is 2. The molecule has 0 radical (unpaired) electrons. The van der Waals surface area contributed by atoms with Crippen molar-refractivity contribution < 1.29 is 14.3 Å². The summed E-state index contributed by atoms with van der Waals surface area (Å²) in [6.45, 7) is 4.83. The fourth-order valence-corrected chi connectivity index (χ4v) is 2.21. The van der Waals surface area contributed by atoms with Gasteiger partial charge in [-0.25, -0.2) is 5.43 Å². The van der Waals surface area contributed by atoms with Gasteiger partial charge in [-0.15, -0.1) is 0 Å². The van der Waals surface area contributed by atoms with Gasteiger partial charge in [0.15, 0.2) is 0 Å². The third-order valence-electron chi connectivity index (χ3n) is 3.32. The zero-order chi connectivity index (χ0) is 13.0. The van der Waals surface area contributed by atoms with E-state index in [1.165, 1.54) is 0 Å². The zero-order valence-electron chi connectivity index (χ0n) is 10.6. The highest BCUT2D eigenvalue weighted by Gasteiger charge is 2.26. The van der Waals surface area contributed by atoms with Crippen LogP contribution in [0.25, 0.3) is 0 Å². The smallest absolute Gasteiger partial charge is 0.270 e. The van der Waals surface area contributed by atoms with Crippen LogP contribution in [0.4, 0.5) is 0 Å². The number of hydrazone groups is 1. The quantitative estimate of drug-likeness (QED) is 0.774. The first-order valence-electron chi connectivity index (χ1n) is 6.43. The van der Waals surface area contributed by atoms with Crippen LogP contribution in [0, 0.1) is 5.92 Å². The fourth-order valence-electron chi connectivity index (χ4n) is 2.21. The molecule has 1 fully saturated rings. The minimum Gasteiger partial charge on any atom is -0.381 e. The van der Waals surface area contributed by atoms with Gasteiger partial charge in [-0.2, -0.15) is 5.10 Å². The molecule has 6 heteroatoms. The van der Waals surface area contributed by atoms with E-state index in [4.69, 9.17) is 4.74 Å². The molecule has 2 amide bonds. The van der Waals surface area contributed by atoms with E-state index in [0.29, 0.717) is 37.6 Å². The van der Waals surface area contributed by atoms with E-state index < -0.39 is 0 Å². The summed E-state index contributed by atoms with van der Waals surface area (Å²) in [5.74, 6) is 0.232. The van der Waals surface area contributed by atoms with Crippen molar-refractivity contribution in [3.8, 4) is 0 Å². The van der Waals surface area contributed by atoms with Gasteiger partial charge >= 0.3 is 0 Å². The molecule has 2 aliphatic heterocycles. The molecule has 0 saturated carbocycles. The van der Waals surface area contributed by atoms with Crippen LogP contribution < -0.4 is 5.43 Å². The molecule has 2 heterocycles. The molecule has 2 aliphatic rings. The maximum absolute atomic E-state index is 12.2. The van der Waals surface area contributed by atoms with Crippen molar-refractivity contribution in [1.29, 1.82) is 0 Å². The molecule has 1 atom stereocenters. The van der Waals surface area contributed by atoms with Crippen molar-refractivity contribution in [2.75, 3.05) is 26.3 Å². The summed E-state index contributed by atoms with van der Waals surface area (Å²) < 4.78 is 5.32. The van der Waals surface area contributed by atoms with Crippen LogP contribution >= 0.6 is 0 Å². The van der Waals surface area contributed by atoms with Gasteiger partial charge in [-0.1, -0.05) is 0 Å². The number of amides is 2. The van der Waals surface area contributed by atoms with Crippen molar-refractivity contribution in [3.05, 3.63) is 0 Å². The number of hydrogen-bond acceptors (Lipinski definition) is 4. The van der Waals surface area contributed by atoms with Crippen molar-refractivity contribution in [1.82, 2.24) is 10.3 Å². The Kier molecular flexibility index (Phi) is 4.30. The average Bonchev–Trinajstić information content (AvgIpc) is 2.89. The van der Waals surface area contributed by atoms with Crippen LogP contribution in [0.5, 0.6) is 0 Å². The number of nitrogens with one attached hydrogen (secondary N) is 1. The second kappa shape index (κ2) is 5.95. The topological polar surface area (TPSA) is 71.0 Å². The Morgan fingerprint density at radius 3 is 2.94 bits per heavy atom. The lowest BCUT2D eigenvalue weighted by Gasteiger charge is -2.25. The molecule has 6 nitrogen and oxygen atoms in total. The lowest BCUT2D eigenvalue weighted by atomic mass is 10.1. The van der Waals surface area contributed by atoms with Crippen molar-refractivity contribution in [2.45, 2.75) is 26.2 Å². The minimum atomic E-state index is -0.126. The number of nitrogens with zero attached hydrogens (tertiary/aromatic N) is 2. The number of rotatable bonds is 4. The van der Waals surface area contributed by atoms with E-state index in [2.05, 4.69) is 10.5 Å². The van der Waals surface area contributed by atoms with Gasteiger partial charge in [0.25, 0.3) is 5.91 Å². The molecule has 0 aliphatic carbocycles. The van der Waals surface area contributed by atoms with E-state index in [0.717, 1.165) is 19.6 Å². The van der Waals surface area contributed by atoms with Gasteiger partial charge in [0, 0.05) is 38.5 Å². The highest BCUT2D eigenvalue weighted by Crippen LogP contribution is 2.15. The van der Waals surface area contributed by atoms with Crippen LogP contribution in [-0.2, 0) is 14.3 Å². The molecule has 2 rings (SSSR count). The fraction of sp³-hybridized carbons (Fsp3) is 0.750. The first kappa shape index (κ1) is 13.0. The maximum Gasteiger partial charge on any atom is 0.270 e. The first-order chi connectivity index (χ1) is 8.70. The number of ether oxygens (including phenoxy) is 1. The molecule has 0 spiro atoms. The largest absolute Gasteiger partial charge is 0.381 e. The summed E-state index contributed by atoms with van der Waals surface area (Å²) in [6.07, 6.45) is 1.78. The molecule has 1 N–H and O–H groups in total. The third-order valence-corrected chi connectivity index (χ3v) is 3.32. The lowest BCUT2D eigenvalue weighted by molar-refractivity contribution is -0.125. The SMILES string of the molecule is CCN(CC1CCOC1)C(=O)C1=NNC(=O)CC1. The Labute approximate surface area is 106 Å². The highest BCUT2D eigenvalue weighted by atomic mass is 16.5. The van der Waals surface area contributed by atoms with Gasteiger partial charge in [-0.3, -0.25) is 9.59 Å². The molecule has 0 aromatic heterocycles. The Balaban J connectivity index is 1.94. The zero-order valence-corrected chi connectivity index (χ0v) is 10.6. The number of carbonyl (C=O) groups is 2. The van der Waals surface area contributed by atoms with E-state index in [-0.39, 0.29) is 11.8 Å². The molecular formula is C12H19N3O3. The lowest BCUT2D eigenvalue weighted by Crippen LogP contribution is -2.42. The molecule has 1 saturated heterocycles. The Bertz CT molecular complexity index is 362. The van der Waals surface area contributed by atoms with Crippen LogP contribution in [0.3, 0.4) is 0 Å². The second-order valence-corrected chi connectivity index (χ2v) is 4.67. The van der Waals surface area contributed by atoms with Crippen molar-refractivity contribution in [2.24, 2.45) is 11.0 Å². The normalized spacial score (nSPS) is 23.5. The van der Waals surface area contributed by atoms with Gasteiger partial charge < -0.3 is 9.64 Å². The molecule has 18 heavy (non-hydrogen) atoms. The van der Waals surface area contributed by atoms with Gasteiger partial charge in [-0.05, 0) is 13.3 Å². The molecular weight excluding hydrogens is 234 g/mol. The summed E-state index contributed by atoms with van der Waals surface area (Å²) in [7, 11) is 0. The summed E-state index contributed by atoms with van der Waals surface area (Å²) in [6, 6.07) is 0. The molecule has 100 valence electrons. The monoisotopic (exact) mass is 253 g/mol. The van der Waals surface area contributed by atoms with Crippen LogP contribution in [-0.4, -0.2) is 48.7 Å². The van der Waals surface area contributed by atoms with Gasteiger partial charge in [0.05, 0.1) is 6.61 Å². The molecule has 0 aromatic rings. The Hall–Kier alpha value is -1.43. The standard InChI is InChI=1S/C12H19N3O3/c1-2-15(7-9-5-6-18-8-9)12(17)10-3-4-11(16)14-13-10/h9H,2-8H2,1H3,(H,14,16). The molecule has 1 unspecified atom stereocenters. The average molecular weight is 253 g/mol. The third kappa shape index (κ3) is 3.07. The summed E-state index contributed by atoms with van der Waals surface area (Å²) in [4.78, 5) is 25.0. The van der Waals surface area contributed by atoms with Crippen LogP contribution in [0.2, 0.25) is 0 Å². The van der Waals surface area contributed by atoms with E-state index in [1.54, 1.807) is 4.90 Å². The van der Waals surface area contributed by atoms with Crippen LogP contribution in [0.15, 0.2) is 5.10 Å². The van der Waals surface area contributed by atoms with E-state index in [9.17, 15) is 9.59 Å². The summed E-state index contributed by atoms with van der Waals surface area (Å²) in [5.41, 5.74) is 2.82. The molecule has 0 bridgehead atoms. The van der Waals surface area contributed by atoms with E-state index in [1.807, 2.05) is 6.92 Å². The Morgan fingerprint density at radius 1 is 1.56 bits per heavy atom. The Morgan fingerprint density at radius 2 is 2.39 bits per heavy atom. The van der Waals surface area contributed by atoms with Crippen molar-refractivity contribution >= 4 is 17.5 Å². The predicted octanol–water partition coefficient (Wildman–Crippen LogP) is 0.137. The van der Waals surface area contributed by atoms with Crippen LogP contribution in [0.1, 0.15) is 26.2 Å². The predicted molar refractivity (Wildman–Crippen MR) is 66.0 cm³/mol. The van der Waals surface area contributed by atoms with Gasteiger partial charge in [0.1, 0.15) is 5.71 Å². The summed E-state index contributed by atoms with van der Waals surface area (Å²) in [5, 5.41) is 3.85. The highest BCUT2D eigenvalue weighted by molar-refractivity contribution is 6.39. The minimum absolute atomic E-state index is 0.0654. The van der Waals surface area contributed by atoms with Crippen molar-refractivity contribution in [3.63, 3.8) is 0 Å². The maximum atomic E-state index is 12.2. The van der Waals surface area contributed by atoms with Gasteiger partial charge in [0.2, 0.25) is 5.91 Å². The first-order valence-corrected chi connectivity index (χ1v) is 6.43. The second-order valence-electron chi connectivity index (χ2n) is 4.67. The van der Waals surface area contributed by atoms with E-state index >= 15 is 0 Å². The molecule has 0 aromatic carbocycles. The summed E-state index contributed by atoms with van der Waals surface area (Å²) >= 11 is 0. The number of hydrogen-bond donors (Lipinski definition) is 1.